The Hall–Kier alpha value is -1.62. The van der Waals surface area contributed by atoms with Crippen molar-refractivity contribution in [1.82, 2.24) is 5.32 Å². The molecule has 0 bridgehead atoms. The molecule has 5 heteroatoms. The molecule has 0 aliphatic carbocycles. The maximum Gasteiger partial charge on any atom is 0.258 e. The molecule has 4 nitrogen and oxygen atoms in total. The molecule has 1 saturated heterocycles. The number of ether oxygens (including phenoxy) is 2. The zero-order chi connectivity index (χ0) is 14.4. The average Bonchev–Trinajstić information content (AvgIpc) is 2.96. The lowest BCUT2D eigenvalue weighted by atomic mass is 10.0. The Balaban J connectivity index is 1.82. The standard InChI is InChI=1S/C15H20FNO3/c1-19-13-6-2-5-12(16)14(13)15(18)17-8-3-4-11-7-9-20-10-11/h2,5-6,11H,3-4,7-10H2,1H3,(H,17,18)/t11-/m1/s1. The van der Waals surface area contributed by atoms with Crippen LogP contribution in [0.3, 0.4) is 0 Å². The van der Waals surface area contributed by atoms with Crippen molar-refractivity contribution < 1.29 is 18.7 Å². The van der Waals surface area contributed by atoms with Crippen molar-refractivity contribution in [1.29, 1.82) is 0 Å². The van der Waals surface area contributed by atoms with Crippen LogP contribution < -0.4 is 10.1 Å². The van der Waals surface area contributed by atoms with Crippen molar-refractivity contribution in [3.05, 3.63) is 29.6 Å². The van der Waals surface area contributed by atoms with Gasteiger partial charge < -0.3 is 14.8 Å². The molecule has 1 atom stereocenters. The largest absolute Gasteiger partial charge is 0.496 e. The van der Waals surface area contributed by atoms with Crippen LogP contribution in [-0.4, -0.2) is 32.8 Å². The quantitative estimate of drug-likeness (QED) is 0.814. The summed E-state index contributed by atoms with van der Waals surface area (Å²) in [5.74, 6) is -0.143. The lowest BCUT2D eigenvalue weighted by Crippen LogP contribution is -2.26. The minimum absolute atomic E-state index is 0.0285. The van der Waals surface area contributed by atoms with Crippen molar-refractivity contribution in [3.63, 3.8) is 0 Å². The van der Waals surface area contributed by atoms with Gasteiger partial charge in [-0.1, -0.05) is 6.07 Å². The second-order valence-corrected chi connectivity index (χ2v) is 4.94. The molecular weight excluding hydrogens is 261 g/mol. The van der Waals surface area contributed by atoms with E-state index in [1.807, 2.05) is 0 Å². The molecule has 20 heavy (non-hydrogen) atoms. The van der Waals surface area contributed by atoms with Crippen molar-refractivity contribution in [3.8, 4) is 5.75 Å². The Morgan fingerprint density at radius 2 is 2.40 bits per heavy atom. The SMILES string of the molecule is COc1cccc(F)c1C(=O)NCCC[C@@H]1CCOC1. The van der Waals surface area contributed by atoms with Gasteiger partial charge in [-0.2, -0.15) is 0 Å². The summed E-state index contributed by atoms with van der Waals surface area (Å²) >= 11 is 0. The molecule has 0 spiro atoms. The monoisotopic (exact) mass is 281 g/mol. The molecule has 1 N–H and O–H groups in total. The third-order valence-electron chi connectivity index (χ3n) is 3.52. The number of benzene rings is 1. The van der Waals surface area contributed by atoms with E-state index in [-0.39, 0.29) is 11.3 Å². The molecule has 1 aliphatic heterocycles. The van der Waals surface area contributed by atoms with Gasteiger partial charge >= 0.3 is 0 Å². The lowest BCUT2D eigenvalue weighted by Gasteiger charge is -2.11. The smallest absolute Gasteiger partial charge is 0.258 e. The number of methoxy groups -OCH3 is 1. The summed E-state index contributed by atoms with van der Waals surface area (Å²) in [6.07, 6.45) is 2.99. The lowest BCUT2D eigenvalue weighted by molar-refractivity contribution is 0.0945. The first-order valence-corrected chi connectivity index (χ1v) is 6.91. The molecule has 1 aliphatic rings. The first kappa shape index (κ1) is 14.8. The van der Waals surface area contributed by atoms with E-state index in [1.165, 1.54) is 19.2 Å². The maximum atomic E-state index is 13.7. The van der Waals surface area contributed by atoms with Crippen molar-refractivity contribution in [2.75, 3.05) is 26.9 Å². The van der Waals surface area contributed by atoms with Crippen LogP contribution in [0.15, 0.2) is 18.2 Å². The van der Waals surface area contributed by atoms with Gasteiger partial charge in [-0.05, 0) is 37.3 Å². The van der Waals surface area contributed by atoms with Gasteiger partial charge in [0.1, 0.15) is 17.1 Å². The van der Waals surface area contributed by atoms with Gasteiger partial charge in [0.25, 0.3) is 5.91 Å². The fraction of sp³-hybridized carbons (Fsp3) is 0.533. The summed E-state index contributed by atoms with van der Waals surface area (Å²) in [5.41, 5.74) is -0.0285. The van der Waals surface area contributed by atoms with Gasteiger partial charge in [0.2, 0.25) is 0 Å². The Bertz CT molecular complexity index is 458. The normalized spacial score (nSPS) is 18.0. The summed E-state index contributed by atoms with van der Waals surface area (Å²) in [4.78, 5) is 12.0. The first-order chi connectivity index (χ1) is 9.72. The molecule has 1 aromatic rings. The number of carbonyl (C=O) groups excluding carboxylic acids is 1. The molecule has 1 aromatic carbocycles. The topological polar surface area (TPSA) is 47.6 Å². The molecule has 0 radical (unpaired) electrons. The van der Waals surface area contributed by atoms with E-state index in [2.05, 4.69) is 5.32 Å². The molecule has 110 valence electrons. The zero-order valence-electron chi connectivity index (χ0n) is 11.7. The van der Waals surface area contributed by atoms with E-state index in [1.54, 1.807) is 6.07 Å². The van der Waals surface area contributed by atoms with E-state index in [0.29, 0.717) is 12.5 Å². The van der Waals surface area contributed by atoms with E-state index in [4.69, 9.17) is 9.47 Å². The van der Waals surface area contributed by atoms with Crippen LogP contribution in [0.2, 0.25) is 0 Å². The Morgan fingerprint density at radius 1 is 1.55 bits per heavy atom. The highest BCUT2D eigenvalue weighted by Crippen LogP contribution is 2.21. The summed E-state index contributed by atoms with van der Waals surface area (Å²) in [6, 6.07) is 4.35. The molecular formula is C15H20FNO3. The van der Waals surface area contributed by atoms with Crippen molar-refractivity contribution in [2.45, 2.75) is 19.3 Å². The summed E-state index contributed by atoms with van der Waals surface area (Å²) in [7, 11) is 1.42. The van der Waals surface area contributed by atoms with E-state index >= 15 is 0 Å². The number of carbonyl (C=O) groups is 1. The van der Waals surface area contributed by atoms with Gasteiger partial charge in [-0.3, -0.25) is 4.79 Å². The predicted octanol–water partition coefficient (Wildman–Crippen LogP) is 2.38. The first-order valence-electron chi connectivity index (χ1n) is 6.91. The zero-order valence-corrected chi connectivity index (χ0v) is 11.7. The van der Waals surface area contributed by atoms with Gasteiger partial charge in [0.15, 0.2) is 0 Å². The minimum atomic E-state index is -0.564. The predicted molar refractivity (Wildman–Crippen MR) is 73.4 cm³/mol. The highest BCUT2D eigenvalue weighted by atomic mass is 19.1. The van der Waals surface area contributed by atoms with Crippen LogP contribution in [0, 0.1) is 11.7 Å². The maximum absolute atomic E-state index is 13.7. The number of rotatable bonds is 6. The van der Waals surface area contributed by atoms with Crippen LogP contribution in [0.5, 0.6) is 5.75 Å². The van der Waals surface area contributed by atoms with Crippen LogP contribution in [0.1, 0.15) is 29.6 Å². The van der Waals surface area contributed by atoms with Crippen molar-refractivity contribution in [2.24, 2.45) is 5.92 Å². The Morgan fingerprint density at radius 3 is 3.10 bits per heavy atom. The summed E-state index contributed by atoms with van der Waals surface area (Å²) in [6.45, 7) is 2.19. The molecule has 1 fully saturated rings. The van der Waals surface area contributed by atoms with E-state index in [0.717, 1.165) is 32.5 Å². The molecule has 1 heterocycles. The number of hydrogen-bond acceptors (Lipinski definition) is 3. The second kappa shape index (κ2) is 7.24. The Kier molecular flexibility index (Phi) is 5.35. The molecule has 1 amide bonds. The molecule has 2 rings (SSSR count). The summed E-state index contributed by atoms with van der Waals surface area (Å²) in [5, 5.41) is 2.74. The Labute approximate surface area is 118 Å². The highest BCUT2D eigenvalue weighted by Gasteiger charge is 2.18. The number of amides is 1. The fourth-order valence-corrected chi connectivity index (χ4v) is 2.39. The minimum Gasteiger partial charge on any atom is -0.496 e. The van der Waals surface area contributed by atoms with Gasteiger partial charge in [-0.25, -0.2) is 4.39 Å². The van der Waals surface area contributed by atoms with Gasteiger partial charge in [-0.15, -0.1) is 0 Å². The average molecular weight is 281 g/mol. The summed E-state index contributed by atoms with van der Waals surface area (Å²) < 4.78 is 24.0. The van der Waals surface area contributed by atoms with E-state index < -0.39 is 11.7 Å². The number of hydrogen-bond donors (Lipinski definition) is 1. The third-order valence-corrected chi connectivity index (χ3v) is 3.52. The van der Waals surface area contributed by atoms with Crippen LogP contribution in [0.4, 0.5) is 4.39 Å². The third kappa shape index (κ3) is 3.70. The van der Waals surface area contributed by atoms with Crippen molar-refractivity contribution >= 4 is 5.91 Å². The molecule has 0 saturated carbocycles. The fourth-order valence-electron chi connectivity index (χ4n) is 2.39. The second-order valence-electron chi connectivity index (χ2n) is 4.94. The van der Waals surface area contributed by atoms with Gasteiger partial charge in [0, 0.05) is 19.8 Å². The van der Waals surface area contributed by atoms with Crippen LogP contribution in [-0.2, 0) is 4.74 Å². The van der Waals surface area contributed by atoms with E-state index in [9.17, 15) is 9.18 Å². The van der Waals surface area contributed by atoms with Gasteiger partial charge in [0.05, 0.1) is 7.11 Å². The number of nitrogens with one attached hydrogen (secondary N) is 1. The van der Waals surface area contributed by atoms with Crippen LogP contribution >= 0.6 is 0 Å². The highest BCUT2D eigenvalue weighted by molar-refractivity contribution is 5.97. The molecule has 0 aromatic heterocycles. The number of halogens is 1. The molecule has 0 unspecified atom stereocenters. The van der Waals surface area contributed by atoms with Crippen LogP contribution in [0.25, 0.3) is 0 Å².